The van der Waals surface area contributed by atoms with Gasteiger partial charge in [-0.15, -0.1) is 0 Å². The van der Waals surface area contributed by atoms with E-state index in [0.717, 1.165) is 24.7 Å². The first-order valence-electron chi connectivity index (χ1n) is 5.97. The second kappa shape index (κ2) is 4.29. The van der Waals surface area contributed by atoms with E-state index >= 15 is 0 Å². The number of nitrogens with zero attached hydrogens (tertiary/aromatic N) is 6. The molecule has 2 aromatic rings. The van der Waals surface area contributed by atoms with E-state index < -0.39 is 0 Å². The molecule has 0 amide bonds. The van der Waals surface area contributed by atoms with Crippen LogP contribution in [-0.2, 0) is 0 Å². The highest BCUT2D eigenvalue weighted by molar-refractivity contribution is 5.50. The van der Waals surface area contributed by atoms with Gasteiger partial charge in [-0.25, -0.2) is 9.97 Å². The molecule has 0 aliphatic carbocycles. The van der Waals surface area contributed by atoms with Gasteiger partial charge in [0, 0.05) is 45.6 Å². The standard InChI is InChI=1S/C12H16N6/c1-16(2)11-6-12(14-9-13-11)17-7-10(8-17)18-5-3-4-15-18/h3-6,9-10H,7-8H2,1-2H3. The topological polar surface area (TPSA) is 50.1 Å². The normalized spacial score (nSPS) is 15.6. The van der Waals surface area contributed by atoms with Crippen molar-refractivity contribution in [3.05, 3.63) is 30.9 Å². The van der Waals surface area contributed by atoms with E-state index in [1.807, 2.05) is 48.2 Å². The van der Waals surface area contributed by atoms with Gasteiger partial charge in [-0.3, -0.25) is 4.68 Å². The minimum atomic E-state index is 0.456. The molecule has 0 unspecified atom stereocenters. The maximum atomic E-state index is 4.32. The van der Waals surface area contributed by atoms with Crippen LogP contribution in [0.2, 0.25) is 0 Å². The molecule has 3 rings (SSSR count). The van der Waals surface area contributed by atoms with Crippen molar-refractivity contribution in [3.8, 4) is 0 Å². The van der Waals surface area contributed by atoms with Crippen LogP contribution in [0.1, 0.15) is 6.04 Å². The lowest BCUT2D eigenvalue weighted by Gasteiger charge is -2.40. The van der Waals surface area contributed by atoms with E-state index in [1.54, 1.807) is 6.33 Å². The molecule has 6 heteroatoms. The minimum absolute atomic E-state index is 0.456. The molecule has 0 radical (unpaired) electrons. The van der Waals surface area contributed by atoms with Crippen LogP contribution in [0.15, 0.2) is 30.9 Å². The molecule has 0 bridgehead atoms. The van der Waals surface area contributed by atoms with Crippen molar-refractivity contribution in [1.29, 1.82) is 0 Å². The quantitative estimate of drug-likeness (QED) is 0.799. The van der Waals surface area contributed by atoms with Gasteiger partial charge in [-0.05, 0) is 6.07 Å². The predicted octanol–water partition coefficient (Wildman–Crippen LogP) is 0.800. The summed E-state index contributed by atoms with van der Waals surface area (Å²) in [5.74, 6) is 1.92. The largest absolute Gasteiger partial charge is 0.363 e. The number of aromatic nitrogens is 4. The zero-order chi connectivity index (χ0) is 12.5. The van der Waals surface area contributed by atoms with Crippen LogP contribution in [0.5, 0.6) is 0 Å². The number of hydrogen-bond donors (Lipinski definition) is 0. The molecule has 1 aliphatic heterocycles. The van der Waals surface area contributed by atoms with Gasteiger partial charge in [0.2, 0.25) is 0 Å². The average Bonchev–Trinajstić information content (AvgIpc) is 2.81. The van der Waals surface area contributed by atoms with Crippen molar-refractivity contribution in [1.82, 2.24) is 19.7 Å². The molecule has 18 heavy (non-hydrogen) atoms. The summed E-state index contributed by atoms with van der Waals surface area (Å²) < 4.78 is 2.00. The Bertz CT molecular complexity index is 515. The van der Waals surface area contributed by atoms with Crippen molar-refractivity contribution in [3.63, 3.8) is 0 Å². The predicted molar refractivity (Wildman–Crippen MR) is 69.8 cm³/mol. The van der Waals surface area contributed by atoms with E-state index in [2.05, 4.69) is 20.0 Å². The summed E-state index contributed by atoms with van der Waals surface area (Å²) in [7, 11) is 3.96. The maximum Gasteiger partial charge on any atom is 0.134 e. The van der Waals surface area contributed by atoms with Crippen LogP contribution in [0.3, 0.4) is 0 Å². The lowest BCUT2D eigenvalue weighted by Crippen LogP contribution is -2.48. The van der Waals surface area contributed by atoms with Gasteiger partial charge in [-0.2, -0.15) is 5.10 Å². The molecule has 3 heterocycles. The van der Waals surface area contributed by atoms with Crippen LogP contribution in [-0.4, -0.2) is 46.9 Å². The maximum absolute atomic E-state index is 4.32. The van der Waals surface area contributed by atoms with E-state index in [1.165, 1.54) is 0 Å². The molecule has 0 N–H and O–H groups in total. The Kier molecular flexibility index (Phi) is 2.62. The third-order valence-corrected chi connectivity index (χ3v) is 3.18. The molecule has 6 nitrogen and oxygen atoms in total. The molecule has 94 valence electrons. The zero-order valence-corrected chi connectivity index (χ0v) is 10.6. The van der Waals surface area contributed by atoms with Crippen LogP contribution in [0, 0.1) is 0 Å². The zero-order valence-electron chi connectivity index (χ0n) is 10.6. The van der Waals surface area contributed by atoms with Crippen LogP contribution in [0.4, 0.5) is 11.6 Å². The Morgan fingerprint density at radius 1 is 1.28 bits per heavy atom. The Morgan fingerprint density at radius 3 is 2.78 bits per heavy atom. The highest BCUT2D eigenvalue weighted by Crippen LogP contribution is 2.26. The van der Waals surface area contributed by atoms with E-state index in [9.17, 15) is 0 Å². The first kappa shape index (κ1) is 11.0. The lowest BCUT2D eigenvalue weighted by molar-refractivity contribution is 0.366. The monoisotopic (exact) mass is 244 g/mol. The SMILES string of the molecule is CN(C)c1cc(N2CC(n3cccn3)C2)ncn1. The van der Waals surface area contributed by atoms with E-state index in [4.69, 9.17) is 0 Å². The first-order valence-corrected chi connectivity index (χ1v) is 5.97. The summed E-state index contributed by atoms with van der Waals surface area (Å²) in [6.45, 7) is 1.90. The highest BCUT2D eigenvalue weighted by Gasteiger charge is 2.29. The fourth-order valence-corrected chi connectivity index (χ4v) is 2.06. The van der Waals surface area contributed by atoms with E-state index in [0.29, 0.717) is 6.04 Å². The number of rotatable bonds is 3. The number of anilines is 2. The summed E-state index contributed by atoms with van der Waals surface area (Å²) in [6.07, 6.45) is 5.44. The van der Waals surface area contributed by atoms with Crippen molar-refractivity contribution in [2.75, 3.05) is 37.0 Å². The van der Waals surface area contributed by atoms with Gasteiger partial charge in [0.1, 0.15) is 18.0 Å². The first-order chi connectivity index (χ1) is 8.74. The van der Waals surface area contributed by atoms with Gasteiger partial charge < -0.3 is 9.80 Å². The van der Waals surface area contributed by atoms with Crippen LogP contribution < -0.4 is 9.80 Å². The molecule has 1 saturated heterocycles. The van der Waals surface area contributed by atoms with Gasteiger partial charge in [0.15, 0.2) is 0 Å². The Balaban J connectivity index is 1.69. The van der Waals surface area contributed by atoms with Crippen molar-refractivity contribution < 1.29 is 0 Å². The Morgan fingerprint density at radius 2 is 2.11 bits per heavy atom. The second-order valence-corrected chi connectivity index (χ2v) is 4.67. The Hall–Kier alpha value is -2.11. The van der Waals surface area contributed by atoms with Gasteiger partial charge in [0.25, 0.3) is 0 Å². The van der Waals surface area contributed by atoms with E-state index in [-0.39, 0.29) is 0 Å². The molecule has 0 atom stereocenters. The average molecular weight is 244 g/mol. The van der Waals surface area contributed by atoms with Crippen LogP contribution >= 0.6 is 0 Å². The third kappa shape index (κ3) is 1.90. The van der Waals surface area contributed by atoms with Gasteiger partial charge in [0.05, 0.1) is 6.04 Å². The summed E-state index contributed by atoms with van der Waals surface area (Å²) in [6, 6.07) is 4.43. The molecule has 1 aliphatic rings. The number of hydrogen-bond acceptors (Lipinski definition) is 5. The van der Waals surface area contributed by atoms with Crippen molar-refractivity contribution >= 4 is 11.6 Å². The van der Waals surface area contributed by atoms with Crippen LogP contribution in [0.25, 0.3) is 0 Å². The molecule has 2 aromatic heterocycles. The molecule has 1 fully saturated rings. The molecule has 0 aromatic carbocycles. The molecular formula is C12H16N6. The molecule has 0 saturated carbocycles. The van der Waals surface area contributed by atoms with Gasteiger partial charge >= 0.3 is 0 Å². The third-order valence-electron chi connectivity index (χ3n) is 3.18. The smallest absolute Gasteiger partial charge is 0.134 e. The summed E-state index contributed by atoms with van der Waals surface area (Å²) in [5.41, 5.74) is 0. The van der Waals surface area contributed by atoms with Crippen molar-refractivity contribution in [2.24, 2.45) is 0 Å². The summed E-state index contributed by atoms with van der Waals surface area (Å²) in [5, 5.41) is 4.26. The van der Waals surface area contributed by atoms with Gasteiger partial charge in [-0.1, -0.05) is 0 Å². The fourth-order valence-electron chi connectivity index (χ4n) is 2.06. The minimum Gasteiger partial charge on any atom is -0.363 e. The molecular weight excluding hydrogens is 228 g/mol. The second-order valence-electron chi connectivity index (χ2n) is 4.67. The lowest BCUT2D eigenvalue weighted by atomic mass is 10.1. The Labute approximate surface area is 106 Å². The molecule has 0 spiro atoms. The summed E-state index contributed by atoms with van der Waals surface area (Å²) >= 11 is 0. The summed E-state index contributed by atoms with van der Waals surface area (Å²) in [4.78, 5) is 12.8. The van der Waals surface area contributed by atoms with Crippen molar-refractivity contribution in [2.45, 2.75) is 6.04 Å². The highest BCUT2D eigenvalue weighted by atomic mass is 15.4. The fraction of sp³-hybridized carbons (Fsp3) is 0.417.